The van der Waals surface area contributed by atoms with Crippen LogP contribution in [0.4, 0.5) is 0 Å². The van der Waals surface area contributed by atoms with Crippen molar-refractivity contribution in [2.75, 3.05) is 0 Å². The van der Waals surface area contributed by atoms with E-state index in [1.807, 2.05) is 62.0 Å². The molecule has 0 aliphatic rings. The number of imidazole rings is 1. The van der Waals surface area contributed by atoms with Gasteiger partial charge in [0.05, 0.1) is 5.69 Å². The van der Waals surface area contributed by atoms with E-state index in [1.54, 1.807) is 31.2 Å². The van der Waals surface area contributed by atoms with Crippen molar-refractivity contribution in [2.24, 2.45) is 7.05 Å². The van der Waals surface area contributed by atoms with Gasteiger partial charge < -0.3 is 4.57 Å². The fourth-order valence-electron chi connectivity index (χ4n) is 3.77. The summed E-state index contributed by atoms with van der Waals surface area (Å²) in [6.07, 6.45) is 1.88. The molecule has 0 aliphatic carbocycles. The van der Waals surface area contributed by atoms with Crippen molar-refractivity contribution in [3.05, 3.63) is 88.9 Å². The van der Waals surface area contributed by atoms with E-state index in [1.165, 1.54) is 0 Å². The predicted molar refractivity (Wildman–Crippen MR) is 131 cm³/mol. The molecular weight excluding hydrogens is 376 g/mol. The summed E-state index contributed by atoms with van der Waals surface area (Å²) in [6, 6.07) is 16.4. The maximum atomic E-state index is 8.04. The van der Waals surface area contributed by atoms with Crippen LogP contribution in [0.2, 0.25) is 0 Å². The summed E-state index contributed by atoms with van der Waals surface area (Å²) in [5.74, 6) is 6.65. The van der Waals surface area contributed by atoms with Gasteiger partial charge in [0.2, 0.25) is 0 Å². The number of hydrogen-bond donors (Lipinski definition) is 0. The van der Waals surface area contributed by atoms with E-state index >= 15 is 0 Å². The molecule has 154 valence electrons. The topological polar surface area (TPSA) is 17.8 Å². The van der Waals surface area contributed by atoms with Crippen molar-refractivity contribution in [1.29, 1.82) is 0 Å². The van der Waals surface area contributed by atoms with E-state index in [2.05, 4.69) is 16.8 Å². The zero-order valence-corrected chi connectivity index (χ0v) is 18.2. The number of rotatable bonds is 3. The third-order valence-electron chi connectivity index (χ3n) is 5.28. The molecule has 0 N–H and O–H groups in total. The van der Waals surface area contributed by atoms with Gasteiger partial charge in [-0.15, -0.1) is 5.92 Å². The van der Waals surface area contributed by atoms with E-state index in [0.29, 0.717) is 11.3 Å². The third-order valence-corrected chi connectivity index (χ3v) is 5.28. The van der Waals surface area contributed by atoms with E-state index < -0.39 is 13.7 Å². The third kappa shape index (κ3) is 4.47. The molecule has 0 radical (unpaired) electrons. The molecule has 0 unspecified atom stereocenters. The quantitative estimate of drug-likeness (QED) is 0.332. The Morgan fingerprint density at radius 2 is 1.29 bits per heavy atom. The molecule has 0 fully saturated rings. The highest BCUT2D eigenvalue weighted by molar-refractivity contribution is 5.78. The lowest BCUT2D eigenvalue weighted by Gasteiger charge is -2.12. The van der Waals surface area contributed by atoms with Crippen LogP contribution in [0.1, 0.15) is 43.2 Å². The molecule has 0 saturated carbocycles. The van der Waals surface area contributed by atoms with E-state index in [0.717, 1.165) is 39.2 Å². The first-order chi connectivity index (χ1) is 17.2. The van der Waals surface area contributed by atoms with E-state index in [9.17, 15) is 0 Å². The van der Waals surface area contributed by atoms with Gasteiger partial charge in [-0.25, -0.2) is 4.98 Å². The molecule has 0 saturated heterocycles. The van der Waals surface area contributed by atoms with Crippen LogP contribution >= 0.6 is 0 Å². The minimum absolute atomic E-state index is 0.225. The SMILES string of the molecule is [2H]C([2H])([2H])c1cc(C#CC)cc(-c2cc(C)cc(-c3cc(-c4cn(C)c(C)n4)cc(C([2H])([2H])[2H])c3)c2)c1. The first-order valence-electron chi connectivity index (χ1n) is 13.1. The molecule has 0 aliphatic heterocycles. The molecule has 0 bridgehead atoms. The largest absolute Gasteiger partial charge is 0.338 e. The fraction of sp³-hybridized carbons (Fsp3) is 0.207. The first kappa shape index (κ1) is 14.4. The van der Waals surface area contributed by atoms with Crippen LogP contribution in [0.3, 0.4) is 0 Å². The van der Waals surface area contributed by atoms with Crippen LogP contribution in [0.25, 0.3) is 33.5 Å². The van der Waals surface area contributed by atoms with Crippen molar-refractivity contribution in [3.63, 3.8) is 0 Å². The predicted octanol–water partition coefficient (Wildman–Crippen LogP) is 7.03. The Kier molecular flexibility index (Phi) is 3.86. The minimum Gasteiger partial charge on any atom is -0.338 e. The highest BCUT2D eigenvalue weighted by atomic mass is 15.0. The number of aryl methyl sites for hydroxylation is 5. The Morgan fingerprint density at radius 1 is 0.742 bits per heavy atom. The molecule has 1 heterocycles. The summed E-state index contributed by atoms with van der Waals surface area (Å²) in [5.41, 5.74) is 6.62. The van der Waals surface area contributed by atoms with Gasteiger partial charge in [-0.1, -0.05) is 30.2 Å². The molecule has 4 rings (SSSR count). The van der Waals surface area contributed by atoms with Gasteiger partial charge in [-0.05, 0) is 104 Å². The summed E-state index contributed by atoms with van der Waals surface area (Å²) < 4.78 is 49.8. The van der Waals surface area contributed by atoms with Gasteiger partial charge in [0.25, 0.3) is 0 Å². The maximum absolute atomic E-state index is 8.04. The standard InChI is InChI=1S/C29H28N2/c1-7-8-23-9-19(2)10-24(15-23)25-11-20(3)12-26(16-25)27-13-21(4)14-28(17-27)29-18-31(6)22(5)30-29/h9-18H,1-6H3/i2D3,4D3. The van der Waals surface area contributed by atoms with Gasteiger partial charge in [-0.2, -0.15) is 0 Å². The Hall–Kier alpha value is -3.57. The van der Waals surface area contributed by atoms with Crippen LogP contribution in [-0.2, 0) is 7.05 Å². The minimum atomic E-state index is -2.29. The maximum Gasteiger partial charge on any atom is 0.105 e. The molecule has 3 aromatic carbocycles. The average Bonchev–Trinajstić information content (AvgIpc) is 3.15. The molecule has 2 heteroatoms. The highest BCUT2D eigenvalue weighted by Crippen LogP contribution is 2.32. The second-order valence-electron chi connectivity index (χ2n) is 7.85. The van der Waals surface area contributed by atoms with Crippen LogP contribution in [0.15, 0.2) is 60.8 Å². The van der Waals surface area contributed by atoms with Gasteiger partial charge in [0, 0.05) is 32.6 Å². The van der Waals surface area contributed by atoms with Crippen LogP contribution in [0, 0.1) is 39.4 Å². The molecule has 2 nitrogen and oxygen atoms in total. The molecule has 0 amide bonds. The average molecular weight is 411 g/mol. The number of aromatic nitrogens is 2. The molecule has 1 aromatic heterocycles. The lowest BCUT2D eigenvalue weighted by Crippen LogP contribution is -1.89. The smallest absolute Gasteiger partial charge is 0.105 e. The number of benzene rings is 3. The monoisotopic (exact) mass is 410 g/mol. The summed E-state index contributed by atoms with van der Waals surface area (Å²) >= 11 is 0. The van der Waals surface area contributed by atoms with Gasteiger partial charge in [0.1, 0.15) is 5.82 Å². The fourth-order valence-corrected chi connectivity index (χ4v) is 3.77. The zero-order chi connectivity index (χ0) is 27.1. The summed E-state index contributed by atoms with van der Waals surface area (Å²) in [7, 11) is 1.90. The Labute approximate surface area is 194 Å². The van der Waals surface area contributed by atoms with Gasteiger partial charge >= 0.3 is 0 Å². The summed E-state index contributed by atoms with van der Waals surface area (Å²) in [6.45, 7) is 1.02. The second-order valence-corrected chi connectivity index (χ2v) is 7.85. The lowest BCUT2D eigenvalue weighted by molar-refractivity contribution is 0.858. The molecular formula is C29H28N2. The highest BCUT2D eigenvalue weighted by Gasteiger charge is 2.10. The molecule has 4 aromatic rings. The van der Waals surface area contributed by atoms with Crippen molar-refractivity contribution < 1.29 is 8.22 Å². The van der Waals surface area contributed by atoms with E-state index in [4.69, 9.17) is 8.22 Å². The van der Waals surface area contributed by atoms with Crippen LogP contribution in [-0.4, -0.2) is 9.55 Å². The lowest BCUT2D eigenvalue weighted by atomic mass is 9.93. The van der Waals surface area contributed by atoms with Crippen molar-refractivity contribution in [1.82, 2.24) is 9.55 Å². The first-order valence-corrected chi connectivity index (χ1v) is 10.1. The zero-order valence-electron chi connectivity index (χ0n) is 24.2. The number of nitrogens with zero attached hydrogens (tertiary/aromatic N) is 2. The van der Waals surface area contributed by atoms with Gasteiger partial charge in [-0.3, -0.25) is 0 Å². The Morgan fingerprint density at radius 3 is 1.87 bits per heavy atom. The van der Waals surface area contributed by atoms with Crippen LogP contribution < -0.4 is 0 Å². The molecule has 0 atom stereocenters. The number of hydrogen-bond acceptors (Lipinski definition) is 1. The Balaban J connectivity index is 1.92. The van der Waals surface area contributed by atoms with Crippen LogP contribution in [0.5, 0.6) is 0 Å². The van der Waals surface area contributed by atoms with Crippen molar-refractivity contribution in [3.8, 4) is 45.4 Å². The Bertz CT molecular complexity index is 1530. The van der Waals surface area contributed by atoms with Crippen molar-refractivity contribution >= 4 is 0 Å². The normalized spacial score (nSPS) is 14.3. The van der Waals surface area contributed by atoms with Crippen molar-refractivity contribution in [2.45, 2.75) is 34.5 Å². The van der Waals surface area contributed by atoms with Gasteiger partial charge in [0.15, 0.2) is 0 Å². The second kappa shape index (κ2) is 8.28. The molecule has 0 spiro atoms. The van der Waals surface area contributed by atoms with E-state index in [-0.39, 0.29) is 11.1 Å². The summed E-state index contributed by atoms with van der Waals surface area (Å²) in [4.78, 5) is 4.59. The molecule has 31 heavy (non-hydrogen) atoms. The summed E-state index contributed by atoms with van der Waals surface area (Å²) in [5, 5.41) is 0.